The van der Waals surface area contributed by atoms with E-state index in [0.717, 1.165) is 33.7 Å². The smallest absolute Gasteiger partial charge is 0.326 e. The van der Waals surface area contributed by atoms with Crippen LogP contribution in [0.3, 0.4) is 0 Å². The maximum absolute atomic E-state index is 12.8. The number of hydrogen-bond donors (Lipinski definition) is 2. The number of rotatable bonds is 7. The second kappa shape index (κ2) is 8.69. The van der Waals surface area contributed by atoms with Gasteiger partial charge < -0.3 is 14.8 Å². The average Bonchev–Trinajstić information content (AvgIpc) is 3.03. The molecule has 3 rings (SSSR count). The minimum Gasteiger partial charge on any atom is -0.480 e. The predicted molar refractivity (Wildman–Crippen MR) is 118 cm³/mol. The van der Waals surface area contributed by atoms with Gasteiger partial charge in [-0.2, -0.15) is 0 Å². The Hall–Kier alpha value is -3.15. The number of pyridine rings is 1. The molecule has 0 fully saturated rings. The molecule has 0 spiro atoms. The summed E-state index contributed by atoms with van der Waals surface area (Å²) in [7, 11) is 0. The molecule has 1 unspecified atom stereocenters. The Bertz CT molecular complexity index is 1100. The lowest BCUT2D eigenvalue weighted by atomic mass is 10.0. The van der Waals surface area contributed by atoms with Gasteiger partial charge in [-0.3, -0.25) is 4.79 Å². The maximum atomic E-state index is 12.8. The van der Waals surface area contributed by atoms with Crippen LogP contribution >= 0.6 is 0 Å². The number of aryl methyl sites for hydroxylation is 3. The van der Waals surface area contributed by atoms with Gasteiger partial charge in [0.05, 0.1) is 17.8 Å². The van der Waals surface area contributed by atoms with Crippen molar-refractivity contribution < 1.29 is 14.7 Å². The normalized spacial score (nSPS) is 12.3. The fourth-order valence-corrected chi connectivity index (χ4v) is 3.63. The Kier molecular flexibility index (Phi) is 6.25. The summed E-state index contributed by atoms with van der Waals surface area (Å²) in [5, 5.41) is 12.1. The quantitative estimate of drug-likeness (QED) is 0.618. The van der Waals surface area contributed by atoms with Crippen molar-refractivity contribution in [1.82, 2.24) is 14.7 Å². The van der Waals surface area contributed by atoms with Gasteiger partial charge >= 0.3 is 5.97 Å². The topological polar surface area (TPSA) is 83.7 Å². The molecule has 2 aromatic heterocycles. The molecule has 158 valence electrons. The molecule has 0 aliphatic heterocycles. The summed E-state index contributed by atoms with van der Waals surface area (Å²) in [5.74, 6) is -1.17. The van der Waals surface area contributed by atoms with E-state index >= 15 is 0 Å². The van der Waals surface area contributed by atoms with Crippen LogP contribution in [0.2, 0.25) is 0 Å². The molecular weight excluding hydrogens is 378 g/mol. The molecule has 2 N–H and O–H groups in total. The number of amides is 1. The van der Waals surface area contributed by atoms with Crippen LogP contribution in [0.4, 0.5) is 0 Å². The summed E-state index contributed by atoms with van der Waals surface area (Å²) in [5.41, 5.74) is 6.60. The highest BCUT2D eigenvalue weighted by Crippen LogP contribution is 2.28. The first-order valence-corrected chi connectivity index (χ1v) is 10.2. The molecule has 6 heteroatoms. The van der Waals surface area contributed by atoms with Crippen LogP contribution in [0.25, 0.3) is 16.9 Å². The number of carbonyl (C=O) groups is 2. The number of carboxylic acid groups (broad SMARTS) is 1. The molecule has 0 bridgehead atoms. The van der Waals surface area contributed by atoms with Crippen molar-refractivity contribution in [3.8, 4) is 11.3 Å². The van der Waals surface area contributed by atoms with E-state index in [1.807, 2.05) is 49.6 Å². The molecule has 1 amide bonds. The van der Waals surface area contributed by atoms with Gasteiger partial charge in [-0.25, -0.2) is 9.78 Å². The number of hydrogen-bond acceptors (Lipinski definition) is 3. The highest BCUT2D eigenvalue weighted by molar-refractivity contribution is 5.86. The van der Waals surface area contributed by atoms with E-state index in [1.165, 1.54) is 5.56 Å². The Labute approximate surface area is 177 Å². The lowest BCUT2D eigenvalue weighted by Crippen LogP contribution is -2.42. The molecular formula is C24H29N3O3. The number of nitrogens with zero attached hydrogens (tertiary/aromatic N) is 2. The van der Waals surface area contributed by atoms with Gasteiger partial charge in [-0.05, 0) is 61.9 Å². The summed E-state index contributed by atoms with van der Waals surface area (Å²) in [4.78, 5) is 29.2. The SMILES string of the molecule is Cc1ccc(-c2nc3c(C)cccn3c2CC(=O)NC(CC(C)C)C(=O)O)cc1C. The first-order valence-electron chi connectivity index (χ1n) is 10.2. The van der Waals surface area contributed by atoms with Crippen LogP contribution in [0.5, 0.6) is 0 Å². The number of fused-ring (bicyclic) bond motifs is 1. The van der Waals surface area contributed by atoms with E-state index in [0.29, 0.717) is 6.42 Å². The first kappa shape index (κ1) is 21.6. The van der Waals surface area contributed by atoms with Crippen LogP contribution in [0.1, 0.15) is 42.7 Å². The number of carbonyl (C=O) groups excluding carboxylic acids is 1. The second-order valence-electron chi connectivity index (χ2n) is 8.36. The molecule has 1 atom stereocenters. The van der Waals surface area contributed by atoms with E-state index in [4.69, 9.17) is 4.98 Å². The van der Waals surface area contributed by atoms with Crippen molar-refractivity contribution >= 4 is 17.5 Å². The minimum absolute atomic E-state index is 0.0503. The lowest BCUT2D eigenvalue weighted by Gasteiger charge is -2.16. The number of carboxylic acids is 1. The fraction of sp³-hybridized carbons (Fsp3) is 0.375. The molecule has 0 aliphatic carbocycles. The zero-order valence-corrected chi connectivity index (χ0v) is 18.2. The molecule has 0 radical (unpaired) electrons. The van der Waals surface area contributed by atoms with E-state index in [1.54, 1.807) is 0 Å². The highest BCUT2D eigenvalue weighted by atomic mass is 16.4. The fourth-order valence-electron chi connectivity index (χ4n) is 3.63. The van der Waals surface area contributed by atoms with Gasteiger partial charge in [0.15, 0.2) is 0 Å². The van der Waals surface area contributed by atoms with Crippen molar-refractivity contribution in [3.05, 3.63) is 58.9 Å². The molecule has 0 aliphatic rings. The van der Waals surface area contributed by atoms with Gasteiger partial charge in [-0.15, -0.1) is 0 Å². The van der Waals surface area contributed by atoms with Gasteiger partial charge in [-0.1, -0.05) is 32.0 Å². The summed E-state index contributed by atoms with van der Waals surface area (Å²) in [6, 6.07) is 9.15. The zero-order chi connectivity index (χ0) is 22.0. The van der Waals surface area contributed by atoms with Crippen molar-refractivity contribution in [2.45, 2.75) is 53.5 Å². The summed E-state index contributed by atoms with van der Waals surface area (Å²) >= 11 is 0. The third kappa shape index (κ3) is 4.53. The lowest BCUT2D eigenvalue weighted by molar-refractivity contribution is -0.142. The average molecular weight is 408 g/mol. The highest BCUT2D eigenvalue weighted by Gasteiger charge is 2.24. The Balaban J connectivity index is 2.01. The van der Waals surface area contributed by atoms with Gasteiger partial charge in [0.25, 0.3) is 0 Å². The van der Waals surface area contributed by atoms with E-state index in [2.05, 4.69) is 31.3 Å². The number of imidazole rings is 1. The first-order chi connectivity index (χ1) is 14.2. The number of benzene rings is 1. The number of aliphatic carboxylic acids is 1. The third-order valence-corrected chi connectivity index (χ3v) is 5.39. The Morgan fingerprint density at radius 3 is 2.47 bits per heavy atom. The van der Waals surface area contributed by atoms with Gasteiger partial charge in [0.1, 0.15) is 11.7 Å². The molecule has 2 heterocycles. The molecule has 0 saturated heterocycles. The summed E-state index contributed by atoms with van der Waals surface area (Å²) < 4.78 is 1.93. The van der Waals surface area contributed by atoms with Crippen molar-refractivity contribution in [2.75, 3.05) is 0 Å². The Morgan fingerprint density at radius 2 is 1.83 bits per heavy atom. The number of aromatic nitrogens is 2. The third-order valence-electron chi connectivity index (χ3n) is 5.39. The molecule has 1 aromatic carbocycles. The molecule has 3 aromatic rings. The van der Waals surface area contributed by atoms with Crippen LogP contribution in [0, 0.1) is 26.7 Å². The second-order valence-corrected chi connectivity index (χ2v) is 8.36. The molecule has 0 saturated carbocycles. The monoisotopic (exact) mass is 407 g/mol. The number of nitrogens with one attached hydrogen (secondary N) is 1. The van der Waals surface area contributed by atoms with E-state index in [9.17, 15) is 14.7 Å². The minimum atomic E-state index is -1.01. The standard InChI is InChI=1S/C24H29N3O3/c1-14(2)11-19(24(29)30)25-21(28)13-20-22(18-9-8-15(3)17(5)12-18)26-23-16(4)7-6-10-27(20)23/h6-10,12,14,19H,11,13H2,1-5H3,(H,25,28)(H,29,30). The Morgan fingerprint density at radius 1 is 1.10 bits per heavy atom. The largest absolute Gasteiger partial charge is 0.480 e. The van der Waals surface area contributed by atoms with Crippen molar-refractivity contribution in [2.24, 2.45) is 5.92 Å². The van der Waals surface area contributed by atoms with Crippen LogP contribution in [-0.4, -0.2) is 32.4 Å². The zero-order valence-electron chi connectivity index (χ0n) is 18.2. The van der Waals surface area contributed by atoms with Crippen molar-refractivity contribution in [1.29, 1.82) is 0 Å². The van der Waals surface area contributed by atoms with Gasteiger partial charge in [0.2, 0.25) is 5.91 Å². The van der Waals surface area contributed by atoms with E-state index < -0.39 is 12.0 Å². The van der Waals surface area contributed by atoms with Crippen LogP contribution in [0.15, 0.2) is 36.5 Å². The van der Waals surface area contributed by atoms with Crippen LogP contribution < -0.4 is 5.32 Å². The van der Waals surface area contributed by atoms with Gasteiger partial charge in [0, 0.05) is 11.8 Å². The molecule has 6 nitrogen and oxygen atoms in total. The molecule has 30 heavy (non-hydrogen) atoms. The maximum Gasteiger partial charge on any atom is 0.326 e. The predicted octanol–water partition coefficient (Wildman–Crippen LogP) is 4.08. The van der Waals surface area contributed by atoms with Crippen molar-refractivity contribution in [3.63, 3.8) is 0 Å². The summed E-state index contributed by atoms with van der Waals surface area (Å²) in [6.45, 7) is 9.97. The van der Waals surface area contributed by atoms with E-state index in [-0.39, 0.29) is 18.2 Å². The summed E-state index contributed by atoms with van der Waals surface area (Å²) in [6.07, 6.45) is 2.33. The van der Waals surface area contributed by atoms with Crippen LogP contribution in [-0.2, 0) is 16.0 Å².